The molecular formula is C13H16FN3O. The van der Waals surface area contributed by atoms with Gasteiger partial charge in [-0.05, 0) is 23.8 Å². The molecule has 0 fully saturated rings. The summed E-state index contributed by atoms with van der Waals surface area (Å²) in [5, 5.41) is 9.07. The van der Waals surface area contributed by atoms with E-state index in [2.05, 4.69) is 4.98 Å². The van der Waals surface area contributed by atoms with E-state index in [1.165, 1.54) is 12.1 Å². The maximum absolute atomic E-state index is 13.4. The molecular weight excluding hydrogens is 233 g/mol. The van der Waals surface area contributed by atoms with Gasteiger partial charge in [0.2, 0.25) is 0 Å². The third-order valence-corrected chi connectivity index (χ3v) is 2.87. The van der Waals surface area contributed by atoms with Gasteiger partial charge in [0.1, 0.15) is 11.6 Å². The fourth-order valence-electron chi connectivity index (χ4n) is 1.80. The molecule has 0 aliphatic heterocycles. The highest BCUT2D eigenvalue weighted by Gasteiger charge is 2.08. The van der Waals surface area contributed by atoms with Crippen molar-refractivity contribution in [2.45, 2.75) is 13.2 Å². The van der Waals surface area contributed by atoms with Gasteiger partial charge in [0.25, 0.3) is 0 Å². The molecule has 1 heterocycles. The molecule has 2 rings (SSSR count). The van der Waals surface area contributed by atoms with Gasteiger partial charge in [-0.3, -0.25) is 0 Å². The van der Waals surface area contributed by atoms with E-state index in [9.17, 15) is 4.39 Å². The standard InChI is InChI=1S/C13H16FN3O/c1-16-4-3-15-13(16)8-17(2)12-6-10(9-18)5-11(14)7-12/h3-7,18H,8-9H2,1-2H3. The number of aryl methyl sites for hydroxylation is 1. The number of halogens is 1. The summed E-state index contributed by atoms with van der Waals surface area (Å²) in [7, 11) is 3.78. The molecule has 1 aromatic carbocycles. The van der Waals surface area contributed by atoms with Crippen molar-refractivity contribution in [2.75, 3.05) is 11.9 Å². The second-order valence-electron chi connectivity index (χ2n) is 4.29. The minimum Gasteiger partial charge on any atom is -0.392 e. The van der Waals surface area contributed by atoms with Crippen molar-refractivity contribution in [1.82, 2.24) is 9.55 Å². The number of imidazole rings is 1. The van der Waals surface area contributed by atoms with Gasteiger partial charge in [0.15, 0.2) is 0 Å². The zero-order valence-corrected chi connectivity index (χ0v) is 10.5. The summed E-state index contributed by atoms with van der Waals surface area (Å²) in [6.07, 6.45) is 3.60. The third-order valence-electron chi connectivity index (χ3n) is 2.87. The number of aliphatic hydroxyl groups is 1. The summed E-state index contributed by atoms with van der Waals surface area (Å²) in [5.74, 6) is 0.551. The smallest absolute Gasteiger partial charge is 0.127 e. The molecule has 0 saturated carbocycles. The number of hydrogen-bond acceptors (Lipinski definition) is 3. The van der Waals surface area contributed by atoms with E-state index in [0.717, 1.165) is 11.5 Å². The van der Waals surface area contributed by atoms with Crippen LogP contribution in [0.25, 0.3) is 0 Å². The summed E-state index contributed by atoms with van der Waals surface area (Å²) < 4.78 is 15.3. The molecule has 5 heteroatoms. The Morgan fingerprint density at radius 1 is 1.39 bits per heavy atom. The topological polar surface area (TPSA) is 41.3 Å². The quantitative estimate of drug-likeness (QED) is 0.896. The highest BCUT2D eigenvalue weighted by atomic mass is 19.1. The molecule has 0 radical (unpaired) electrons. The van der Waals surface area contributed by atoms with Gasteiger partial charge < -0.3 is 14.6 Å². The summed E-state index contributed by atoms with van der Waals surface area (Å²) in [4.78, 5) is 6.12. The van der Waals surface area contributed by atoms with Gasteiger partial charge in [-0.25, -0.2) is 9.37 Å². The van der Waals surface area contributed by atoms with Crippen LogP contribution >= 0.6 is 0 Å². The minimum atomic E-state index is -0.344. The highest BCUT2D eigenvalue weighted by molar-refractivity contribution is 5.48. The number of aromatic nitrogens is 2. The van der Waals surface area contributed by atoms with Crippen molar-refractivity contribution in [3.63, 3.8) is 0 Å². The fraction of sp³-hybridized carbons (Fsp3) is 0.308. The Hall–Kier alpha value is -1.88. The number of benzene rings is 1. The first-order valence-corrected chi connectivity index (χ1v) is 5.68. The van der Waals surface area contributed by atoms with Crippen LogP contribution in [0, 0.1) is 5.82 Å². The Morgan fingerprint density at radius 2 is 2.17 bits per heavy atom. The first kappa shape index (κ1) is 12.6. The van der Waals surface area contributed by atoms with Crippen molar-refractivity contribution < 1.29 is 9.50 Å². The zero-order chi connectivity index (χ0) is 13.1. The number of hydrogen-bond donors (Lipinski definition) is 1. The molecule has 18 heavy (non-hydrogen) atoms. The molecule has 0 aliphatic carbocycles. The van der Waals surface area contributed by atoms with Gasteiger partial charge >= 0.3 is 0 Å². The van der Waals surface area contributed by atoms with Gasteiger partial charge in [0.05, 0.1) is 13.2 Å². The first-order chi connectivity index (χ1) is 8.60. The van der Waals surface area contributed by atoms with Gasteiger partial charge in [-0.15, -0.1) is 0 Å². The van der Waals surface area contributed by atoms with Gasteiger partial charge in [-0.2, -0.15) is 0 Å². The van der Waals surface area contributed by atoms with Crippen molar-refractivity contribution in [3.05, 3.63) is 47.8 Å². The van der Waals surface area contributed by atoms with Crippen LogP contribution in [0.5, 0.6) is 0 Å². The van der Waals surface area contributed by atoms with E-state index < -0.39 is 0 Å². The number of nitrogens with zero attached hydrogens (tertiary/aromatic N) is 3. The van der Waals surface area contributed by atoms with Crippen LogP contribution in [0.4, 0.5) is 10.1 Å². The third kappa shape index (κ3) is 2.68. The maximum Gasteiger partial charge on any atom is 0.127 e. The first-order valence-electron chi connectivity index (χ1n) is 5.68. The summed E-state index contributed by atoms with van der Waals surface area (Å²) in [6, 6.07) is 4.55. The second-order valence-corrected chi connectivity index (χ2v) is 4.29. The largest absolute Gasteiger partial charge is 0.392 e. The predicted octanol–water partition coefficient (Wildman–Crippen LogP) is 1.69. The molecule has 0 saturated heterocycles. The van der Waals surface area contributed by atoms with Crippen LogP contribution in [0.15, 0.2) is 30.6 Å². The van der Waals surface area contributed by atoms with Crippen LogP contribution in [0.2, 0.25) is 0 Å². The van der Waals surface area contributed by atoms with Gasteiger partial charge in [0, 0.05) is 32.2 Å². The molecule has 4 nitrogen and oxygen atoms in total. The number of anilines is 1. The van der Waals surface area contributed by atoms with E-state index in [4.69, 9.17) is 5.11 Å². The van der Waals surface area contributed by atoms with Crippen LogP contribution in [0.1, 0.15) is 11.4 Å². The average molecular weight is 249 g/mol. The Morgan fingerprint density at radius 3 is 2.78 bits per heavy atom. The lowest BCUT2D eigenvalue weighted by Gasteiger charge is -2.19. The summed E-state index contributed by atoms with van der Waals surface area (Å²) in [5.41, 5.74) is 1.29. The average Bonchev–Trinajstić information content (AvgIpc) is 2.74. The van der Waals surface area contributed by atoms with Crippen molar-refractivity contribution >= 4 is 5.69 Å². The van der Waals surface area contributed by atoms with Crippen LogP contribution in [-0.2, 0) is 20.2 Å². The molecule has 0 aliphatic rings. The lowest BCUT2D eigenvalue weighted by molar-refractivity contribution is 0.281. The highest BCUT2D eigenvalue weighted by Crippen LogP contribution is 2.19. The molecule has 0 atom stereocenters. The fourth-order valence-corrected chi connectivity index (χ4v) is 1.80. The normalized spacial score (nSPS) is 10.7. The van der Waals surface area contributed by atoms with E-state index >= 15 is 0 Å². The predicted molar refractivity (Wildman–Crippen MR) is 67.6 cm³/mol. The molecule has 0 spiro atoms. The van der Waals surface area contributed by atoms with Gasteiger partial charge in [-0.1, -0.05) is 0 Å². The minimum absolute atomic E-state index is 0.166. The molecule has 0 amide bonds. The lowest BCUT2D eigenvalue weighted by Crippen LogP contribution is -2.19. The van der Waals surface area contributed by atoms with E-state index in [1.54, 1.807) is 12.3 Å². The molecule has 96 valence electrons. The Labute approximate surface area is 105 Å². The van der Waals surface area contributed by atoms with Crippen molar-refractivity contribution in [1.29, 1.82) is 0 Å². The van der Waals surface area contributed by atoms with E-state index in [0.29, 0.717) is 12.1 Å². The SMILES string of the molecule is CN(Cc1nccn1C)c1cc(F)cc(CO)c1. The Balaban J connectivity index is 2.20. The second kappa shape index (κ2) is 5.18. The van der Waals surface area contributed by atoms with Crippen LogP contribution in [-0.4, -0.2) is 21.7 Å². The Kier molecular flexibility index (Phi) is 3.62. The van der Waals surface area contributed by atoms with E-state index in [-0.39, 0.29) is 12.4 Å². The molecule has 1 N–H and O–H groups in total. The van der Waals surface area contributed by atoms with Crippen LogP contribution in [0.3, 0.4) is 0 Å². The molecule has 1 aromatic heterocycles. The summed E-state index contributed by atoms with van der Waals surface area (Å²) in [6.45, 7) is 0.416. The molecule has 0 bridgehead atoms. The van der Waals surface area contributed by atoms with Crippen molar-refractivity contribution in [2.24, 2.45) is 7.05 Å². The monoisotopic (exact) mass is 249 g/mol. The number of aliphatic hydroxyl groups excluding tert-OH is 1. The molecule has 2 aromatic rings. The van der Waals surface area contributed by atoms with Crippen LogP contribution < -0.4 is 4.90 Å². The zero-order valence-electron chi connectivity index (χ0n) is 10.5. The lowest BCUT2D eigenvalue weighted by atomic mass is 10.2. The Bertz CT molecular complexity index is 539. The van der Waals surface area contributed by atoms with Crippen molar-refractivity contribution in [3.8, 4) is 0 Å². The number of rotatable bonds is 4. The maximum atomic E-state index is 13.4. The molecule has 0 unspecified atom stereocenters. The van der Waals surface area contributed by atoms with E-state index in [1.807, 2.05) is 29.8 Å². The summed E-state index contributed by atoms with van der Waals surface area (Å²) >= 11 is 0.